The lowest BCUT2D eigenvalue weighted by Gasteiger charge is -2.26. The molecular formula is C10H23NO. The summed E-state index contributed by atoms with van der Waals surface area (Å²) in [6.45, 7) is 8.76. The molecule has 0 heterocycles. The van der Waals surface area contributed by atoms with Crippen LogP contribution in [0.2, 0.25) is 0 Å². The molecule has 0 spiro atoms. The van der Waals surface area contributed by atoms with E-state index in [9.17, 15) is 0 Å². The Labute approximate surface area is 76.6 Å². The van der Waals surface area contributed by atoms with Gasteiger partial charge >= 0.3 is 0 Å². The third-order valence-electron chi connectivity index (χ3n) is 2.39. The van der Waals surface area contributed by atoms with Crippen LogP contribution in [0, 0.1) is 0 Å². The SMILES string of the molecule is CCCCC(C)N(CC)CCO. The summed E-state index contributed by atoms with van der Waals surface area (Å²) in [6, 6.07) is 0.627. The molecule has 1 unspecified atom stereocenters. The molecule has 2 nitrogen and oxygen atoms in total. The molecule has 1 atom stereocenters. The van der Waals surface area contributed by atoms with E-state index in [2.05, 4.69) is 25.7 Å². The number of hydrogen-bond acceptors (Lipinski definition) is 2. The molecule has 1 N–H and O–H groups in total. The second-order valence-electron chi connectivity index (χ2n) is 3.34. The van der Waals surface area contributed by atoms with Crippen LogP contribution in [0.3, 0.4) is 0 Å². The van der Waals surface area contributed by atoms with Crippen LogP contribution in [0.25, 0.3) is 0 Å². The van der Waals surface area contributed by atoms with E-state index < -0.39 is 0 Å². The maximum atomic E-state index is 8.80. The van der Waals surface area contributed by atoms with Gasteiger partial charge in [-0.05, 0) is 19.9 Å². The summed E-state index contributed by atoms with van der Waals surface area (Å²) in [4.78, 5) is 2.33. The van der Waals surface area contributed by atoms with Crippen LogP contribution >= 0.6 is 0 Å². The Bertz CT molecular complexity index is 95.8. The standard InChI is InChI=1S/C10H23NO/c1-4-6-7-10(3)11(5-2)8-9-12/h10,12H,4-9H2,1-3H3. The molecule has 0 aromatic rings. The Hall–Kier alpha value is -0.0800. The van der Waals surface area contributed by atoms with Crippen molar-refractivity contribution >= 4 is 0 Å². The molecule has 12 heavy (non-hydrogen) atoms. The highest BCUT2D eigenvalue weighted by molar-refractivity contribution is 4.64. The van der Waals surface area contributed by atoms with Gasteiger partial charge < -0.3 is 5.11 Å². The van der Waals surface area contributed by atoms with Crippen molar-refractivity contribution in [3.05, 3.63) is 0 Å². The van der Waals surface area contributed by atoms with Gasteiger partial charge in [0.2, 0.25) is 0 Å². The van der Waals surface area contributed by atoms with Crippen LogP contribution in [0.5, 0.6) is 0 Å². The van der Waals surface area contributed by atoms with Gasteiger partial charge in [0.25, 0.3) is 0 Å². The zero-order valence-corrected chi connectivity index (χ0v) is 8.71. The van der Waals surface area contributed by atoms with E-state index >= 15 is 0 Å². The molecule has 0 fully saturated rings. The number of likely N-dealkylation sites (N-methyl/N-ethyl adjacent to an activating group) is 1. The topological polar surface area (TPSA) is 23.5 Å². The molecule has 0 saturated heterocycles. The number of hydrogen-bond donors (Lipinski definition) is 1. The summed E-state index contributed by atoms with van der Waals surface area (Å²) in [5.41, 5.74) is 0. The average Bonchev–Trinajstić information content (AvgIpc) is 2.10. The van der Waals surface area contributed by atoms with Crippen molar-refractivity contribution in [1.29, 1.82) is 0 Å². The predicted octanol–water partition coefficient (Wildman–Crippen LogP) is 1.88. The van der Waals surface area contributed by atoms with E-state index in [4.69, 9.17) is 5.11 Å². The van der Waals surface area contributed by atoms with Gasteiger partial charge in [-0.2, -0.15) is 0 Å². The molecule has 0 rings (SSSR count). The molecule has 0 aliphatic heterocycles. The quantitative estimate of drug-likeness (QED) is 0.635. The van der Waals surface area contributed by atoms with E-state index in [1.807, 2.05) is 0 Å². The summed E-state index contributed by atoms with van der Waals surface area (Å²) in [5.74, 6) is 0. The van der Waals surface area contributed by atoms with Crippen LogP contribution in [0.4, 0.5) is 0 Å². The lowest BCUT2D eigenvalue weighted by Crippen LogP contribution is -2.35. The molecule has 0 saturated carbocycles. The van der Waals surface area contributed by atoms with E-state index in [0.29, 0.717) is 6.04 Å². The van der Waals surface area contributed by atoms with Crippen molar-refractivity contribution in [2.45, 2.75) is 46.1 Å². The second kappa shape index (κ2) is 7.56. The van der Waals surface area contributed by atoms with Crippen LogP contribution in [0.1, 0.15) is 40.0 Å². The molecule has 0 aromatic carbocycles. The molecule has 0 aliphatic rings. The van der Waals surface area contributed by atoms with Crippen molar-refractivity contribution in [2.24, 2.45) is 0 Å². The summed E-state index contributed by atoms with van der Waals surface area (Å²) < 4.78 is 0. The fraction of sp³-hybridized carbons (Fsp3) is 1.00. The summed E-state index contributed by atoms with van der Waals surface area (Å²) in [7, 11) is 0. The molecule has 0 bridgehead atoms. The third kappa shape index (κ3) is 4.73. The maximum absolute atomic E-state index is 8.80. The Kier molecular flexibility index (Phi) is 7.51. The van der Waals surface area contributed by atoms with Crippen molar-refractivity contribution in [3.63, 3.8) is 0 Å². The number of aliphatic hydroxyl groups is 1. The van der Waals surface area contributed by atoms with E-state index in [1.165, 1.54) is 19.3 Å². The van der Waals surface area contributed by atoms with Gasteiger partial charge in [-0.1, -0.05) is 26.7 Å². The first-order chi connectivity index (χ1) is 5.76. The fourth-order valence-corrected chi connectivity index (χ4v) is 1.50. The Balaban J connectivity index is 3.60. The number of aliphatic hydroxyl groups excluding tert-OH is 1. The molecule has 0 radical (unpaired) electrons. The minimum atomic E-state index is 0.282. The van der Waals surface area contributed by atoms with Crippen molar-refractivity contribution in [1.82, 2.24) is 4.90 Å². The van der Waals surface area contributed by atoms with Gasteiger partial charge in [0.1, 0.15) is 0 Å². The van der Waals surface area contributed by atoms with Gasteiger partial charge in [-0.15, -0.1) is 0 Å². The third-order valence-corrected chi connectivity index (χ3v) is 2.39. The van der Waals surface area contributed by atoms with Crippen molar-refractivity contribution in [3.8, 4) is 0 Å². The van der Waals surface area contributed by atoms with E-state index in [0.717, 1.165) is 13.1 Å². The monoisotopic (exact) mass is 173 g/mol. The van der Waals surface area contributed by atoms with Crippen LogP contribution < -0.4 is 0 Å². The summed E-state index contributed by atoms with van der Waals surface area (Å²) >= 11 is 0. The normalized spacial score (nSPS) is 13.8. The lowest BCUT2D eigenvalue weighted by molar-refractivity contribution is 0.158. The molecule has 2 heteroatoms. The number of unbranched alkanes of at least 4 members (excludes halogenated alkanes) is 1. The van der Waals surface area contributed by atoms with Gasteiger partial charge in [0.05, 0.1) is 6.61 Å². The highest BCUT2D eigenvalue weighted by atomic mass is 16.3. The lowest BCUT2D eigenvalue weighted by atomic mass is 10.1. The van der Waals surface area contributed by atoms with Gasteiger partial charge in [0.15, 0.2) is 0 Å². The highest BCUT2D eigenvalue weighted by Gasteiger charge is 2.09. The van der Waals surface area contributed by atoms with Crippen LogP contribution in [0.15, 0.2) is 0 Å². The Morgan fingerprint density at radius 2 is 2.00 bits per heavy atom. The average molecular weight is 173 g/mol. The minimum Gasteiger partial charge on any atom is -0.395 e. The first kappa shape index (κ1) is 11.9. The fourth-order valence-electron chi connectivity index (χ4n) is 1.50. The van der Waals surface area contributed by atoms with Crippen molar-refractivity contribution < 1.29 is 5.11 Å². The summed E-state index contributed by atoms with van der Waals surface area (Å²) in [6.07, 6.45) is 3.81. The Morgan fingerprint density at radius 3 is 2.42 bits per heavy atom. The highest BCUT2D eigenvalue weighted by Crippen LogP contribution is 2.07. The predicted molar refractivity (Wildman–Crippen MR) is 53.3 cm³/mol. The first-order valence-electron chi connectivity index (χ1n) is 5.11. The van der Waals surface area contributed by atoms with Crippen molar-refractivity contribution in [2.75, 3.05) is 19.7 Å². The zero-order chi connectivity index (χ0) is 9.40. The largest absolute Gasteiger partial charge is 0.395 e. The van der Waals surface area contributed by atoms with Gasteiger partial charge in [-0.25, -0.2) is 0 Å². The van der Waals surface area contributed by atoms with Gasteiger partial charge in [0, 0.05) is 12.6 Å². The first-order valence-corrected chi connectivity index (χ1v) is 5.11. The molecule has 0 aliphatic carbocycles. The molecular weight excluding hydrogens is 150 g/mol. The smallest absolute Gasteiger partial charge is 0.0558 e. The maximum Gasteiger partial charge on any atom is 0.0558 e. The number of rotatable bonds is 7. The van der Waals surface area contributed by atoms with Crippen LogP contribution in [-0.4, -0.2) is 35.7 Å². The minimum absolute atomic E-state index is 0.282. The molecule has 0 aromatic heterocycles. The molecule has 74 valence electrons. The molecule has 0 amide bonds. The summed E-state index contributed by atoms with van der Waals surface area (Å²) in [5, 5.41) is 8.80. The number of nitrogens with zero attached hydrogens (tertiary/aromatic N) is 1. The Morgan fingerprint density at radius 1 is 1.33 bits per heavy atom. The zero-order valence-electron chi connectivity index (χ0n) is 8.71. The van der Waals surface area contributed by atoms with Crippen LogP contribution in [-0.2, 0) is 0 Å². The van der Waals surface area contributed by atoms with Gasteiger partial charge in [-0.3, -0.25) is 4.90 Å². The van der Waals surface area contributed by atoms with E-state index in [-0.39, 0.29) is 6.61 Å². The second-order valence-corrected chi connectivity index (χ2v) is 3.34. The van der Waals surface area contributed by atoms with E-state index in [1.54, 1.807) is 0 Å².